The Morgan fingerprint density at radius 2 is 1.83 bits per heavy atom. The van der Waals surface area contributed by atoms with Gasteiger partial charge < -0.3 is 5.32 Å². The van der Waals surface area contributed by atoms with Crippen LogP contribution in [-0.2, 0) is 6.54 Å². The number of aromatic nitrogens is 4. The molecule has 7 heteroatoms. The molecule has 0 atom stereocenters. The Morgan fingerprint density at radius 1 is 1.10 bits per heavy atom. The van der Waals surface area contributed by atoms with Crippen molar-refractivity contribution >= 4 is 11.6 Å². The van der Waals surface area contributed by atoms with Crippen molar-refractivity contribution in [2.75, 3.05) is 5.32 Å². The molecule has 6 nitrogen and oxygen atoms in total. The van der Waals surface area contributed by atoms with Crippen LogP contribution in [-0.4, -0.2) is 25.9 Å². The van der Waals surface area contributed by atoms with E-state index in [0.717, 1.165) is 17.0 Å². The van der Waals surface area contributed by atoms with Crippen LogP contribution in [0, 0.1) is 26.6 Å². The van der Waals surface area contributed by atoms with Gasteiger partial charge in [0.05, 0.1) is 29.3 Å². The molecule has 152 valence electrons. The number of aromatic amines is 1. The van der Waals surface area contributed by atoms with Gasteiger partial charge in [0.2, 0.25) is 0 Å². The highest BCUT2D eigenvalue weighted by Crippen LogP contribution is 2.23. The molecule has 4 aromatic rings. The molecule has 0 radical (unpaired) electrons. The number of nitrogens with one attached hydrogen (secondary N) is 2. The van der Waals surface area contributed by atoms with E-state index in [4.69, 9.17) is 0 Å². The van der Waals surface area contributed by atoms with Crippen LogP contribution < -0.4 is 5.32 Å². The largest absolute Gasteiger partial charge is 0.318 e. The fourth-order valence-electron chi connectivity index (χ4n) is 3.37. The summed E-state index contributed by atoms with van der Waals surface area (Å²) < 4.78 is 15.0. The summed E-state index contributed by atoms with van der Waals surface area (Å²) in [7, 11) is 0. The average molecular weight is 403 g/mol. The highest BCUT2D eigenvalue weighted by molar-refractivity contribution is 6.04. The van der Waals surface area contributed by atoms with E-state index in [1.807, 2.05) is 30.7 Å². The van der Waals surface area contributed by atoms with Crippen molar-refractivity contribution in [1.29, 1.82) is 0 Å². The summed E-state index contributed by atoms with van der Waals surface area (Å²) >= 11 is 0. The third-order valence-corrected chi connectivity index (χ3v) is 5.16. The first-order valence-corrected chi connectivity index (χ1v) is 9.63. The van der Waals surface area contributed by atoms with Gasteiger partial charge in [-0.1, -0.05) is 24.3 Å². The first-order chi connectivity index (χ1) is 14.4. The van der Waals surface area contributed by atoms with E-state index < -0.39 is 0 Å². The minimum atomic E-state index is -0.319. The first kappa shape index (κ1) is 19.6. The predicted molar refractivity (Wildman–Crippen MR) is 114 cm³/mol. The molecule has 0 fully saturated rings. The van der Waals surface area contributed by atoms with Gasteiger partial charge in [-0.25, -0.2) is 4.39 Å². The smallest absolute Gasteiger partial charge is 0.273 e. The lowest BCUT2D eigenvalue weighted by atomic mass is 10.1. The number of benzene rings is 2. The van der Waals surface area contributed by atoms with Crippen molar-refractivity contribution in [3.8, 4) is 11.3 Å². The van der Waals surface area contributed by atoms with Crippen molar-refractivity contribution in [3.63, 3.8) is 0 Å². The molecule has 0 aliphatic carbocycles. The number of H-pyrrole nitrogens is 1. The van der Waals surface area contributed by atoms with Crippen molar-refractivity contribution in [1.82, 2.24) is 20.0 Å². The van der Waals surface area contributed by atoms with Crippen LogP contribution in [0.15, 0.2) is 54.6 Å². The van der Waals surface area contributed by atoms with Gasteiger partial charge in [-0.2, -0.15) is 10.2 Å². The summed E-state index contributed by atoms with van der Waals surface area (Å²) in [6.45, 7) is 6.51. The molecule has 30 heavy (non-hydrogen) atoms. The van der Waals surface area contributed by atoms with Gasteiger partial charge in [-0.05, 0) is 62.2 Å². The molecule has 0 saturated carbocycles. The average Bonchev–Trinajstić information content (AvgIpc) is 3.32. The maximum atomic E-state index is 13.1. The van der Waals surface area contributed by atoms with Gasteiger partial charge in [-0.3, -0.25) is 14.6 Å². The van der Waals surface area contributed by atoms with E-state index in [9.17, 15) is 9.18 Å². The number of hydrogen-bond donors (Lipinski definition) is 2. The van der Waals surface area contributed by atoms with Gasteiger partial charge >= 0.3 is 0 Å². The lowest BCUT2D eigenvalue weighted by molar-refractivity contribution is 0.102. The number of halogens is 1. The first-order valence-electron chi connectivity index (χ1n) is 9.63. The Bertz CT molecular complexity index is 1210. The summed E-state index contributed by atoms with van der Waals surface area (Å²) in [6.07, 6.45) is 0. The van der Waals surface area contributed by atoms with E-state index in [1.165, 1.54) is 23.3 Å². The standard InChI is InChI=1S/C23H22FN5O/c1-14-6-4-5-7-18(14)13-29-16(3)22(15(2)28-29)25-23(30)21-12-20(26-27-21)17-8-10-19(24)11-9-17/h4-12H,13H2,1-3H3,(H,25,30)(H,26,27). The third-order valence-electron chi connectivity index (χ3n) is 5.16. The summed E-state index contributed by atoms with van der Waals surface area (Å²) in [5, 5.41) is 14.4. The van der Waals surface area contributed by atoms with Crippen LogP contribution in [0.1, 0.15) is 33.0 Å². The normalized spacial score (nSPS) is 10.9. The summed E-state index contributed by atoms with van der Waals surface area (Å²) in [5.74, 6) is -0.626. The Kier molecular flexibility index (Phi) is 5.18. The van der Waals surface area contributed by atoms with E-state index in [1.54, 1.807) is 18.2 Å². The van der Waals surface area contributed by atoms with E-state index in [2.05, 4.69) is 39.7 Å². The molecular formula is C23H22FN5O. The van der Waals surface area contributed by atoms with Crippen LogP contribution in [0.5, 0.6) is 0 Å². The van der Waals surface area contributed by atoms with Gasteiger partial charge in [0.1, 0.15) is 11.5 Å². The molecule has 2 N–H and O–H groups in total. The molecule has 4 rings (SSSR count). The van der Waals surface area contributed by atoms with Gasteiger partial charge in [0, 0.05) is 5.56 Å². The number of nitrogens with zero attached hydrogens (tertiary/aromatic N) is 3. The summed E-state index contributed by atoms with van der Waals surface area (Å²) in [4.78, 5) is 12.8. The van der Waals surface area contributed by atoms with E-state index in [0.29, 0.717) is 23.6 Å². The number of hydrogen-bond acceptors (Lipinski definition) is 3. The van der Waals surface area contributed by atoms with Crippen LogP contribution in [0.25, 0.3) is 11.3 Å². The molecule has 0 aliphatic rings. The lowest BCUT2D eigenvalue weighted by Crippen LogP contribution is -2.14. The maximum absolute atomic E-state index is 13.1. The number of carbonyl (C=O) groups is 1. The molecule has 0 saturated heterocycles. The Balaban J connectivity index is 1.53. The Labute approximate surface area is 173 Å². The molecule has 2 heterocycles. The molecule has 0 unspecified atom stereocenters. The summed E-state index contributed by atoms with van der Waals surface area (Å²) in [6, 6.07) is 15.8. The third kappa shape index (κ3) is 3.87. The molecule has 2 aromatic heterocycles. The lowest BCUT2D eigenvalue weighted by Gasteiger charge is -2.08. The monoisotopic (exact) mass is 403 g/mol. The highest BCUT2D eigenvalue weighted by Gasteiger charge is 2.17. The predicted octanol–water partition coefficient (Wildman–Crippen LogP) is 4.64. The molecule has 0 aliphatic heterocycles. The zero-order valence-electron chi connectivity index (χ0n) is 17.0. The fraction of sp³-hybridized carbons (Fsp3) is 0.174. The molecule has 0 spiro atoms. The quantitative estimate of drug-likeness (QED) is 0.510. The van der Waals surface area contributed by atoms with Crippen molar-refractivity contribution in [3.05, 3.63) is 88.6 Å². The van der Waals surface area contributed by atoms with Crippen molar-refractivity contribution < 1.29 is 9.18 Å². The number of aryl methyl sites for hydroxylation is 2. The van der Waals surface area contributed by atoms with Crippen LogP contribution >= 0.6 is 0 Å². The number of rotatable bonds is 5. The van der Waals surface area contributed by atoms with E-state index >= 15 is 0 Å². The molecular weight excluding hydrogens is 381 g/mol. The minimum absolute atomic E-state index is 0.308. The number of carbonyl (C=O) groups excluding carboxylic acids is 1. The zero-order valence-corrected chi connectivity index (χ0v) is 17.0. The molecule has 0 bridgehead atoms. The van der Waals surface area contributed by atoms with Gasteiger partial charge in [0.15, 0.2) is 0 Å². The zero-order chi connectivity index (χ0) is 21.3. The second kappa shape index (κ2) is 7.94. The fourth-order valence-corrected chi connectivity index (χ4v) is 3.37. The molecule has 2 aromatic carbocycles. The summed E-state index contributed by atoms with van der Waals surface area (Å²) in [5.41, 5.74) is 6.30. The van der Waals surface area contributed by atoms with Gasteiger partial charge in [-0.15, -0.1) is 0 Å². The van der Waals surface area contributed by atoms with Crippen molar-refractivity contribution in [2.45, 2.75) is 27.3 Å². The molecule has 1 amide bonds. The Morgan fingerprint density at radius 3 is 2.57 bits per heavy atom. The van der Waals surface area contributed by atoms with E-state index in [-0.39, 0.29) is 11.7 Å². The van der Waals surface area contributed by atoms with Crippen LogP contribution in [0.3, 0.4) is 0 Å². The van der Waals surface area contributed by atoms with Gasteiger partial charge in [0.25, 0.3) is 5.91 Å². The Hall–Kier alpha value is -3.74. The SMILES string of the molecule is Cc1ccccc1Cn1nc(C)c(NC(=O)c2cc(-c3ccc(F)cc3)n[nH]2)c1C. The second-order valence-corrected chi connectivity index (χ2v) is 7.26. The number of amides is 1. The second-order valence-electron chi connectivity index (χ2n) is 7.26. The maximum Gasteiger partial charge on any atom is 0.273 e. The number of anilines is 1. The minimum Gasteiger partial charge on any atom is -0.318 e. The van der Waals surface area contributed by atoms with Crippen molar-refractivity contribution in [2.24, 2.45) is 0 Å². The topological polar surface area (TPSA) is 75.6 Å². The highest BCUT2D eigenvalue weighted by atomic mass is 19.1. The van der Waals surface area contributed by atoms with Crippen LogP contribution in [0.2, 0.25) is 0 Å². The van der Waals surface area contributed by atoms with Crippen LogP contribution in [0.4, 0.5) is 10.1 Å².